The van der Waals surface area contributed by atoms with Crippen LogP contribution in [0.25, 0.3) is 0 Å². The molecule has 0 spiro atoms. The fourth-order valence-corrected chi connectivity index (χ4v) is 2.37. The molecule has 1 aromatic rings. The number of hydrogen-bond acceptors (Lipinski definition) is 3. The molecular formula is C13H15BrF2N2O2. The third-order valence-electron chi connectivity index (χ3n) is 3.00. The van der Waals surface area contributed by atoms with Crippen LogP contribution in [-0.4, -0.2) is 43.6 Å². The number of benzene rings is 1. The van der Waals surface area contributed by atoms with E-state index in [0.717, 1.165) is 19.2 Å². The fourth-order valence-electron chi connectivity index (χ4n) is 1.96. The molecule has 20 heavy (non-hydrogen) atoms. The van der Waals surface area contributed by atoms with Crippen LogP contribution in [0.2, 0.25) is 0 Å². The molecule has 1 heterocycles. The molecule has 1 N–H and O–H groups in total. The zero-order valence-corrected chi connectivity index (χ0v) is 12.4. The van der Waals surface area contributed by atoms with Crippen LogP contribution in [0.4, 0.5) is 8.78 Å². The summed E-state index contributed by atoms with van der Waals surface area (Å²) in [7, 11) is 0. The predicted molar refractivity (Wildman–Crippen MR) is 73.6 cm³/mol. The second kappa shape index (κ2) is 6.99. The Bertz CT molecular complexity index is 494. The van der Waals surface area contributed by atoms with Crippen molar-refractivity contribution in [3.05, 3.63) is 28.2 Å². The molecular weight excluding hydrogens is 334 g/mol. The van der Waals surface area contributed by atoms with Crippen molar-refractivity contribution in [2.75, 3.05) is 32.8 Å². The van der Waals surface area contributed by atoms with Gasteiger partial charge in [-0.3, -0.25) is 4.79 Å². The lowest BCUT2D eigenvalue weighted by atomic mass is 10.3. The first-order valence-electron chi connectivity index (χ1n) is 6.34. The first kappa shape index (κ1) is 15.2. The van der Waals surface area contributed by atoms with Crippen LogP contribution >= 0.6 is 15.9 Å². The molecule has 0 radical (unpaired) electrons. The Hall–Kier alpha value is -1.21. The van der Waals surface area contributed by atoms with Crippen molar-refractivity contribution in [1.29, 1.82) is 0 Å². The molecule has 4 nitrogen and oxygen atoms in total. The highest BCUT2D eigenvalue weighted by Crippen LogP contribution is 2.25. The maximum Gasteiger partial charge on any atom is 0.226 e. The van der Waals surface area contributed by atoms with E-state index < -0.39 is 11.6 Å². The van der Waals surface area contributed by atoms with E-state index in [-0.39, 0.29) is 24.7 Å². The summed E-state index contributed by atoms with van der Waals surface area (Å²) < 4.78 is 32.1. The van der Waals surface area contributed by atoms with Crippen LogP contribution in [0, 0.1) is 11.6 Å². The lowest BCUT2D eigenvalue weighted by Gasteiger charge is -2.27. The molecule has 110 valence electrons. The highest BCUT2D eigenvalue weighted by atomic mass is 79.9. The molecule has 1 fully saturated rings. The van der Waals surface area contributed by atoms with Crippen molar-refractivity contribution >= 4 is 21.8 Å². The van der Waals surface area contributed by atoms with Gasteiger partial charge in [-0.2, -0.15) is 4.39 Å². The summed E-state index contributed by atoms with van der Waals surface area (Å²) >= 11 is 3.06. The van der Waals surface area contributed by atoms with E-state index in [4.69, 9.17) is 4.74 Å². The van der Waals surface area contributed by atoms with Gasteiger partial charge < -0.3 is 15.0 Å². The van der Waals surface area contributed by atoms with Crippen LogP contribution in [0.5, 0.6) is 5.75 Å². The second-order valence-corrected chi connectivity index (χ2v) is 5.34. The van der Waals surface area contributed by atoms with E-state index in [9.17, 15) is 13.6 Å². The minimum atomic E-state index is -1.04. The normalized spacial score (nSPS) is 15.2. The molecule has 0 unspecified atom stereocenters. The average Bonchev–Trinajstić information content (AvgIpc) is 2.44. The van der Waals surface area contributed by atoms with Crippen LogP contribution in [0.1, 0.15) is 6.42 Å². The quantitative estimate of drug-likeness (QED) is 0.845. The predicted octanol–water partition coefficient (Wildman–Crippen LogP) is 1.93. The maximum atomic E-state index is 13.4. The summed E-state index contributed by atoms with van der Waals surface area (Å²) in [5.41, 5.74) is 0. The molecule has 0 aromatic heterocycles. The van der Waals surface area contributed by atoms with E-state index in [0.29, 0.717) is 17.6 Å². The average molecular weight is 349 g/mol. The topological polar surface area (TPSA) is 41.6 Å². The van der Waals surface area contributed by atoms with E-state index in [1.807, 2.05) is 0 Å². The summed E-state index contributed by atoms with van der Waals surface area (Å²) in [6.07, 6.45) is 0.146. The summed E-state index contributed by atoms with van der Waals surface area (Å²) in [4.78, 5) is 13.6. The molecule has 1 aliphatic heterocycles. The number of nitrogens with one attached hydrogen (secondary N) is 1. The lowest BCUT2D eigenvalue weighted by Crippen LogP contribution is -2.46. The molecule has 0 bridgehead atoms. The Kier molecular flexibility index (Phi) is 5.31. The van der Waals surface area contributed by atoms with Gasteiger partial charge in [0.15, 0.2) is 11.6 Å². The number of rotatable bonds is 4. The standard InChI is InChI=1S/C13H15BrF2N2O2/c14-9-7-10(15)13(16)11(8-9)20-6-1-12(19)18-4-2-17-3-5-18/h7-8,17H,1-6H2. The van der Waals surface area contributed by atoms with Gasteiger partial charge in [-0.1, -0.05) is 15.9 Å². The maximum absolute atomic E-state index is 13.4. The zero-order valence-electron chi connectivity index (χ0n) is 10.8. The number of carbonyl (C=O) groups is 1. The molecule has 0 atom stereocenters. The van der Waals surface area contributed by atoms with Crippen molar-refractivity contribution in [2.45, 2.75) is 6.42 Å². The monoisotopic (exact) mass is 348 g/mol. The molecule has 7 heteroatoms. The number of ether oxygens (including phenoxy) is 1. The number of carbonyl (C=O) groups excluding carboxylic acids is 1. The summed E-state index contributed by atoms with van der Waals surface area (Å²) in [5.74, 6) is -2.25. The van der Waals surface area contributed by atoms with Crippen LogP contribution in [0.3, 0.4) is 0 Å². The summed E-state index contributed by atoms with van der Waals surface area (Å²) in [5, 5.41) is 3.15. The summed E-state index contributed by atoms with van der Waals surface area (Å²) in [6, 6.07) is 2.36. The number of amides is 1. The molecule has 0 aliphatic carbocycles. The largest absolute Gasteiger partial charge is 0.490 e. The number of hydrogen-bond donors (Lipinski definition) is 1. The molecule has 1 aromatic carbocycles. The Morgan fingerprint density at radius 2 is 2.05 bits per heavy atom. The second-order valence-electron chi connectivity index (χ2n) is 4.43. The third-order valence-corrected chi connectivity index (χ3v) is 3.46. The van der Waals surface area contributed by atoms with Crippen molar-refractivity contribution in [3.8, 4) is 5.75 Å². The van der Waals surface area contributed by atoms with Crippen molar-refractivity contribution in [3.63, 3.8) is 0 Å². The van der Waals surface area contributed by atoms with Crippen molar-refractivity contribution in [2.24, 2.45) is 0 Å². The van der Waals surface area contributed by atoms with Crippen LogP contribution < -0.4 is 10.1 Å². The Balaban J connectivity index is 1.85. The first-order chi connectivity index (χ1) is 9.58. The smallest absolute Gasteiger partial charge is 0.226 e. The highest BCUT2D eigenvalue weighted by Gasteiger charge is 2.17. The Morgan fingerprint density at radius 3 is 2.75 bits per heavy atom. The van der Waals surface area contributed by atoms with Gasteiger partial charge >= 0.3 is 0 Å². The number of halogens is 3. The van der Waals surface area contributed by atoms with Crippen molar-refractivity contribution < 1.29 is 18.3 Å². The first-order valence-corrected chi connectivity index (χ1v) is 7.13. The molecule has 1 aliphatic rings. The minimum absolute atomic E-state index is 0.0234. The van der Waals surface area contributed by atoms with Gasteiger partial charge in [0.1, 0.15) is 0 Å². The minimum Gasteiger partial charge on any atom is -0.490 e. The zero-order chi connectivity index (χ0) is 14.5. The van der Waals surface area contributed by atoms with E-state index >= 15 is 0 Å². The van der Waals surface area contributed by atoms with E-state index in [2.05, 4.69) is 21.2 Å². The van der Waals surface area contributed by atoms with Gasteiger partial charge in [0.05, 0.1) is 13.0 Å². The van der Waals surface area contributed by atoms with Gasteiger partial charge in [0.25, 0.3) is 0 Å². The lowest BCUT2D eigenvalue weighted by molar-refractivity contribution is -0.132. The van der Waals surface area contributed by atoms with Gasteiger partial charge in [0.2, 0.25) is 11.7 Å². The molecule has 2 rings (SSSR count). The van der Waals surface area contributed by atoms with Gasteiger partial charge in [-0.15, -0.1) is 0 Å². The van der Waals surface area contributed by atoms with Gasteiger partial charge in [-0.05, 0) is 12.1 Å². The molecule has 0 saturated carbocycles. The fraction of sp³-hybridized carbons (Fsp3) is 0.462. The summed E-state index contributed by atoms with van der Waals surface area (Å²) in [6.45, 7) is 2.91. The third kappa shape index (κ3) is 3.89. The van der Waals surface area contributed by atoms with Gasteiger partial charge in [-0.25, -0.2) is 4.39 Å². The highest BCUT2D eigenvalue weighted by molar-refractivity contribution is 9.10. The Morgan fingerprint density at radius 1 is 1.35 bits per heavy atom. The Labute approximate surface area is 124 Å². The van der Waals surface area contributed by atoms with Gasteiger partial charge in [0, 0.05) is 30.7 Å². The number of piperazine rings is 1. The SMILES string of the molecule is O=C(CCOc1cc(Br)cc(F)c1F)N1CCNCC1. The van der Waals surface area contributed by atoms with E-state index in [1.165, 1.54) is 6.07 Å². The van der Waals surface area contributed by atoms with Crippen LogP contribution in [-0.2, 0) is 4.79 Å². The van der Waals surface area contributed by atoms with Crippen molar-refractivity contribution in [1.82, 2.24) is 10.2 Å². The van der Waals surface area contributed by atoms with E-state index in [1.54, 1.807) is 4.90 Å². The molecule has 1 saturated heterocycles. The molecule has 1 amide bonds. The number of nitrogens with zero attached hydrogens (tertiary/aromatic N) is 1. The van der Waals surface area contributed by atoms with Crippen LogP contribution in [0.15, 0.2) is 16.6 Å².